The number of carbonyl (C=O) groups excluding carboxylic acids is 1. The number of ether oxygens (including phenoxy) is 1. The fourth-order valence-electron chi connectivity index (χ4n) is 4.03. The number of hydrogen-bond acceptors (Lipinski definition) is 4. The molecule has 1 fully saturated rings. The third kappa shape index (κ3) is 3.80. The average molecular weight is 410 g/mol. The predicted octanol–water partition coefficient (Wildman–Crippen LogP) is 4.92. The maximum Gasteiger partial charge on any atom is 0.245 e. The zero-order valence-electron chi connectivity index (χ0n) is 17.0. The monoisotopic (exact) mass is 410 g/mol. The van der Waals surface area contributed by atoms with E-state index < -0.39 is 0 Å². The van der Waals surface area contributed by atoms with Gasteiger partial charge < -0.3 is 9.64 Å². The van der Waals surface area contributed by atoms with E-state index in [0.717, 1.165) is 52.3 Å². The molecule has 6 heteroatoms. The molecule has 31 heavy (non-hydrogen) atoms. The molecule has 1 aliphatic heterocycles. The standard InChI is InChI=1S/C25H22N4O2/c1-2-23(30)29-13-12-18(16-29)22-14-19-15-26-28-25(19)24(27-22)17-8-10-21(11-9-17)31-20-6-4-3-5-7-20/h2-11,14-15,18H,1,12-13,16H2,(H,26,28). The van der Waals surface area contributed by atoms with Crippen LogP contribution in [0, 0.1) is 0 Å². The summed E-state index contributed by atoms with van der Waals surface area (Å²) >= 11 is 0. The van der Waals surface area contributed by atoms with Crippen LogP contribution in [0.1, 0.15) is 18.0 Å². The summed E-state index contributed by atoms with van der Waals surface area (Å²) in [6.07, 6.45) is 4.08. The molecule has 0 saturated carbocycles. The van der Waals surface area contributed by atoms with Gasteiger partial charge in [-0.3, -0.25) is 14.9 Å². The van der Waals surface area contributed by atoms with Gasteiger partial charge in [-0.2, -0.15) is 5.10 Å². The van der Waals surface area contributed by atoms with E-state index in [1.807, 2.05) is 65.7 Å². The van der Waals surface area contributed by atoms with Crippen LogP contribution >= 0.6 is 0 Å². The Kier molecular flexibility index (Phi) is 4.96. The lowest BCUT2D eigenvalue weighted by Gasteiger charge is -2.15. The molecule has 1 aliphatic rings. The third-order valence-corrected chi connectivity index (χ3v) is 5.65. The first-order valence-electron chi connectivity index (χ1n) is 10.3. The maximum absolute atomic E-state index is 12.0. The highest BCUT2D eigenvalue weighted by Crippen LogP contribution is 2.33. The zero-order valence-corrected chi connectivity index (χ0v) is 17.0. The van der Waals surface area contributed by atoms with E-state index >= 15 is 0 Å². The lowest BCUT2D eigenvalue weighted by atomic mass is 10.0. The molecule has 4 aromatic rings. The first-order valence-corrected chi connectivity index (χ1v) is 10.3. The molecule has 1 atom stereocenters. The van der Waals surface area contributed by atoms with E-state index in [1.165, 1.54) is 6.08 Å². The van der Waals surface area contributed by atoms with Crippen LogP contribution in [0.3, 0.4) is 0 Å². The number of fused-ring (bicyclic) bond motifs is 1. The SMILES string of the molecule is C=CC(=O)N1CCC(c2cc3cn[nH]c3c(-c3ccc(Oc4ccccc4)cc3)n2)C1. The van der Waals surface area contributed by atoms with Crippen LogP contribution in [-0.2, 0) is 4.79 Å². The van der Waals surface area contributed by atoms with E-state index in [0.29, 0.717) is 6.54 Å². The number of H-pyrrole nitrogens is 1. The fourth-order valence-corrected chi connectivity index (χ4v) is 4.03. The van der Waals surface area contributed by atoms with Gasteiger partial charge in [0.25, 0.3) is 0 Å². The van der Waals surface area contributed by atoms with Crippen LogP contribution in [0.25, 0.3) is 22.2 Å². The van der Waals surface area contributed by atoms with E-state index in [4.69, 9.17) is 9.72 Å². The second-order valence-corrected chi connectivity index (χ2v) is 7.64. The van der Waals surface area contributed by atoms with Gasteiger partial charge in [0, 0.05) is 35.7 Å². The predicted molar refractivity (Wildman–Crippen MR) is 120 cm³/mol. The molecular formula is C25H22N4O2. The molecule has 1 saturated heterocycles. The average Bonchev–Trinajstić information content (AvgIpc) is 3.49. The number of pyridine rings is 1. The number of amides is 1. The van der Waals surface area contributed by atoms with Crippen molar-refractivity contribution in [1.29, 1.82) is 0 Å². The Morgan fingerprint density at radius 1 is 1.13 bits per heavy atom. The summed E-state index contributed by atoms with van der Waals surface area (Å²) in [7, 11) is 0. The Bertz CT molecular complexity index is 1230. The van der Waals surface area contributed by atoms with Gasteiger partial charge in [-0.1, -0.05) is 24.8 Å². The van der Waals surface area contributed by atoms with Crippen LogP contribution in [0.15, 0.2) is 79.5 Å². The summed E-state index contributed by atoms with van der Waals surface area (Å²) in [6, 6.07) is 19.7. The molecule has 1 amide bonds. The number of aromatic nitrogens is 3. The summed E-state index contributed by atoms with van der Waals surface area (Å²) in [5.74, 6) is 1.73. The Labute approximate surface area is 180 Å². The van der Waals surface area contributed by atoms with Crippen LogP contribution in [0.4, 0.5) is 0 Å². The molecular weight excluding hydrogens is 388 g/mol. The number of nitrogens with zero attached hydrogens (tertiary/aromatic N) is 3. The molecule has 1 N–H and O–H groups in total. The van der Waals surface area contributed by atoms with Crippen molar-refractivity contribution in [2.24, 2.45) is 0 Å². The van der Waals surface area contributed by atoms with Gasteiger partial charge in [0.1, 0.15) is 11.5 Å². The molecule has 5 rings (SSSR count). The number of carbonyl (C=O) groups is 1. The molecule has 0 spiro atoms. The number of nitrogens with one attached hydrogen (secondary N) is 1. The van der Waals surface area contributed by atoms with Crippen molar-refractivity contribution >= 4 is 16.8 Å². The van der Waals surface area contributed by atoms with Crippen molar-refractivity contribution < 1.29 is 9.53 Å². The van der Waals surface area contributed by atoms with Crippen molar-refractivity contribution in [3.8, 4) is 22.8 Å². The van der Waals surface area contributed by atoms with Gasteiger partial charge in [0.2, 0.25) is 5.91 Å². The molecule has 1 unspecified atom stereocenters. The highest BCUT2D eigenvalue weighted by molar-refractivity contribution is 5.91. The van der Waals surface area contributed by atoms with Gasteiger partial charge in [0.05, 0.1) is 17.4 Å². The summed E-state index contributed by atoms with van der Waals surface area (Å²) in [5.41, 5.74) is 3.71. The van der Waals surface area contributed by atoms with E-state index in [-0.39, 0.29) is 11.8 Å². The maximum atomic E-state index is 12.0. The largest absolute Gasteiger partial charge is 0.457 e. The van der Waals surface area contributed by atoms with Gasteiger partial charge in [-0.25, -0.2) is 0 Å². The summed E-state index contributed by atoms with van der Waals surface area (Å²) in [6.45, 7) is 4.98. The molecule has 6 nitrogen and oxygen atoms in total. The Balaban J connectivity index is 1.45. The molecule has 2 aromatic heterocycles. The Morgan fingerprint density at radius 2 is 1.90 bits per heavy atom. The normalized spacial score (nSPS) is 15.9. The molecule has 0 bridgehead atoms. The number of para-hydroxylation sites is 1. The third-order valence-electron chi connectivity index (χ3n) is 5.65. The van der Waals surface area contributed by atoms with Crippen LogP contribution in [0.2, 0.25) is 0 Å². The van der Waals surface area contributed by atoms with E-state index in [2.05, 4.69) is 22.8 Å². The van der Waals surface area contributed by atoms with Gasteiger partial charge in [-0.05, 0) is 55.0 Å². The van der Waals surface area contributed by atoms with Crippen molar-refractivity contribution in [3.05, 3.63) is 85.2 Å². The zero-order chi connectivity index (χ0) is 21.2. The number of aromatic amines is 1. The minimum atomic E-state index is -0.0267. The summed E-state index contributed by atoms with van der Waals surface area (Å²) in [4.78, 5) is 18.8. The highest BCUT2D eigenvalue weighted by atomic mass is 16.5. The lowest BCUT2D eigenvalue weighted by molar-refractivity contribution is -0.125. The van der Waals surface area contributed by atoms with E-state index in [9.17, 15) is 4.79 Å². The van der Waals surface area contributed by atoms with Crippen LogP contribution in [-0.4, -0.2) is 39.1 Å². The second-order valence-electron chi connectivity index (χ2n) is 7.64. The number of hydrogen-bond donors (Lipinski definition) is 1. The van der Waals surface area contributed by atoms with E-state index in [1.54, 1.807) is 0 Å². The smallest absolute Gasteiger partial charge is 0.245 e. The first kappa shape index (κ1) is 19.1. The number of likely N-dealkylation sites (tertiary alicyclic amines) is 1. The number of benzene rings is 2. The quantitative estimate of drug-likeness (QED) is 0.474. The minimum Gasteiger partial charge on any atom is -0.457 e. The number of rotatable bonds is 5. The topological polar surface area (TPSA) is 71.1 Å². The van der Waals surface area contributed by atoms with Gasteiger partial charge >= 0.3 is 0 Å². The minimum absolute atomic E-state index is 0.0267. The fraction of sp³-hybridized carbons (Fsp3) is 0.160. The Hall–Kier alpha value is -3.93. The molecule has 0 aliphatic carbocycles. The molecule has 0 radical (unpaired) electrons. The van der Waals surface area contributed by atoms with Crippen molar-refractivity contribution in [2.75, 3.05) is 13.1 Å². The van der Waals surface area contributed by atoms with Crippen molar-refractivity contribution in [1.82, 2.24) is 20.1 Å². The van der Waals surface area contributed by atoms with Crippen LogP contribution < -0.4 is 4.74 Å². The van der Waals surface area contributed by atoms with Gasteiger partial charge in [-0.15, -0.1) is 0 Å². The van der Waals surface area contributed by atoms with Crippen LogP contribution in [0.5, 0.6) is 11.5 Å². The molecule has 3 heterocycles. The van der Waals surface area contributed by atoms with Crippen molar-refractivity contribution in [3.63, 3.8) is 0 Å². The van der Waals surface area contributed by atoms with Crippen molar-refractivity contribution in [2.45, 2.75) is 12.3 Å². The van der Waals surface area contributed by atoms with Gasteiger partial charge in [0.15, 0.2) is 0 Å². The Morgan fingerprint density at radius 3 is 2.68 bits per heavy atom. The second kappa shape index (κ2) is 8.07. The molecule has 2 aromatic carbocycles. The highest BCUT2D eigenvalue weighted by Gasteiger charge is 2.28. The molecule has 154 valence electrons. The first-order chi connectivity index (χ1) is 15.2. The summed E-state index contributed by atoms with van der Waals surface area (Å²) < 4.78 is 5.91. The summed E-state index contributed by atoms with van der Waals surface area (Å²) in [5, 5.41) is 8.30. The lowest BCUT2D eigenvalue weighted by Crippen LogP contribution is -2.26.